The molecule has 0 atom stereocenters. The number of nitrogens with one attached hydrogen (secondary N) is 1. The van der Waals surface area contributed by atoms with E-state index in [-0.39, 0.29) is 6.03 Å². The number of thioether (sulfide) groups is 1. The van der Waals surface area contributed by atoms with Gasteiger partial charge in [0.2, 0.25) is 0 Å². The lowest BCUT2D eigenvalue weighted by atomic mass is 10.3. The Hall–Kier alpha value is -1.23. The molecule has 0 unspecified atom stereocenters. The van der Waals surface area contributed by atoms with Crippen molar-refractivity contribution in [3.05, 3.63) is 30.1 Å². The summed E-state index contributed by atoms with van der Waals surface area (Å²) in [6.45, 7) is 2.20. The van der Waals surface area contributed by atoms with Gasteiger partial charge in [0.1, 0.15) is 0 Å². The van der Waals surface area contributed by atoms with E-state index in [0.29, 0.717) is 6.54 Å². The molecule has 1 aliphatic rings. The Bertz CT molecular complexity index is 338. The van der Waals surface area contributed by atoms with Crippen LogP contribution in [0.5, 0.6) is 0 Å². The molecule has 2 heterocycles. The molecule has 0 radical (unpaired) electrons. The lowest BCUT2D eigenvalue weighted by Crippen LogP contribution is -2.44. The van der Waals surface area contributed by atoms with Crippen LogP contribution >= 0.6 is 11.8 Å². The van der Waals surface area contributed by atoms with E-state index in [1.165, 1.54) is 0 Å². The van der Waals surface area contributed by atoms with Crippen LogP contribution in [0, 0.1) is 0 Å². The van der Waals surface area contributed by atoms with Crippen LogP contribution in [-0.4, -0.2) is 40.5 Å². The van der Waals surface area contributed by atoms with E-state index in [2.05, 4.69) is 10.3 Å². The van der Waals surface area contributed by atoms with Crippen molar-refractivity contribution in [2.75, 3.05) is 24.6 Å². The largest absolute Gasteiger partial charge is 0.332 e. The van der Waals surface area contributed by atoms with E-state index in [4.69, 9.17) is 0 Å². The zero-order valence-corrected chi connectivity index (χ0v) is 9.87. The molecule has 4 nitrogen and oxygen atoms in total. The lowest BCUT2D eigenvalue weighted by molar-refractivity contribution is 0.202. The summed E-state index contributed by atoms with van der Waals surface area (Å²) >= 11 is 1.90. The van der Waals surface area contributed by atoms with E-state index >= 15 is 0 Å². The highest BCUT2D eigenvalue weighted by molar-refractivity contribution is 7.99. The van der Waals surface area contributed by atoms with Crippen LogP contribution in [0.1, 0.15) is 5.69 Å². The van der Waals surface area contributed by atoms with Crippen molar-refractivity contribution in [3.8, 4) is 0 Å². The summed E-state index contributed by atoms with van der Waals surface area (Å²) in [6, 6.07) is 5.72. The molecule has 1 N–H and O–H groups in total. The predicted molar refractivity (Wildman–Crippen MR) is 65.4 cm³/mol. The predicted octanol–water partition coefficient (Wildman–Crippen LogP) is 1.34. The number of aromatic nitrogens is 1. The molecule has 0 spiro atoms. The Morgan fingerprint density at radius 3 is 2.94 bits per heavy atom. The minimum absolute atomic E-state index is 0.0194. The number of amides is 2. The molecular formula is C11H15N3OS. The quantitative estimate of drug-likeness (QED) is 0.844. The molecule has 0 bridgehead atoms. The molecule has 1 aliphatic heterocycles. The van der Waals surface area contributed by atoms with Crippen LogP contribution in [0.15, 0.2) is 24.4 Å². The van der Waals surface area contributed by atoms with E-state index in [0.717, 1.165) is 30.3 Å². The van der Waals surface area contributed by atoms with Gasteiger partial charge in [0.15, 0.2) is 0 Å². The second kappa shape index (κ2) is 5.75. The van der Waals surface area contributed by atoms with E-state index in [9.17, 15) is 4.79 Å². The first kappa shape index (κ1) is 11.3. The molecule has 5 heteroatoms. The summed E-state index contributed by atoms with van der Waals surface area (Å²) in [5.74, 6) is 2.08. The second-order valence-electron chi connectivity index (χ2n) is 3.58. The number of rotatable bonds is 2. The average molecular weight is 237 g/mol. The Labute approximate surface area is 99.4 Å². The van der Waals surface area contributed by atoms with Crippen LogP contribution in [0.2, 0.25) is 0 Å². The van der Waals surface area contributed by atoms with E-state index < -0.39 is 0 Å². The standard InChI is InChI=1S/C11H15N3OS/c15-11(14-5-7-16-8-6-14)13-9-10-3-1-2-4-12-10/h1-4H,5-9H2,(H,13,15). The first-order valence-corrected chi connectivity index (χ1v) is 6.52. The summed E-state index contributed by atoms with van der Waals surface area (Å²) in [6.07, 6.45) is 1.74. The first-order chi connectivity index (χ1) is 7.86. The molecule has 1 aromatic rings. The number of hydrogen-bond donors (Lipinski definition) is 1. The Balaban J connectivity index is 1.79. The summed E-state index contributed by atoms with van der Waals surface area (Å²) in [4.78, 5) is 17.8. The van der Waals surface area contributed by atoms with Gasteiger partial charge in [-0.2, -0.15) is 11.8 Å². The third-order valence-corrected chi connectivity index (χ3v) is 3.39. The molecule has 2 rings (SSSR count). The van der Waals surface area contributed by atoms with Crippen molar-refractivity contribution in [2.24, 2.45) is 0 Å². The molecule has 1 saturated heterocycles. The fourth-order valence-corrected chi connectivity index (χ4v) is 2.45. The third-order valence-electron chi connectivity index (χ3n) is 2.45. The number of carbonyl (C=O) groups excluding carboxylic acids is 1. The van der Waals surface area contributed by atoms with Gasteiger partial charge in [-0.1, -0.05) is 6.07 Å². The van der Waals surface area contributed by atoms with E-state index in [1.807, 2.05) is 34.9 Å². The maximum atomic E-state index is 11.7. The van der Waals surface area contributed by atoms with Gasteiger partial charge in [-0.05, 0) is 12.1 Å². The minimum atomic E-state index is 0.0194. The maximum Gasteiger partial charge on any atom is 0.317 e. The molecule has 2 amide bonds. The Kier molecular flexibility index (Phi) is 4.04. The monoisotopic (exact) mass is 237 g/mol. The summed E-state index contributed by atoms with van der Waals surface area (Å²) < 4.78 is 0. The van der Waals surface area contributed by atoms with E-state index in [1.54, 1.807) is 6.20 Å². The van der Waals surface area contributed by atoms with Gasteiger partial charge in [0.25, 0.3) is 0 Å². The van der Waals surface area contributed by atoms with Crippen molar-refractivity contribution in [2.45, 2.75) is 6.54 Å². The Morgan fingerprint density at radius 1 is 1.44 bits per heavy atom. The second-order valence-corrected chi connectivity index (χ2v) is 4.80. The van der Waals surface area contributed by atoms with Gasteiger partial charge in [-0.3, -0.25) is 4.98 Å². The zero-order chi connectivity index (χ0) is 11.2. The zero-order valence-electron chi connectivity index (χ0n) is 9.06. The average Bonchev–Trinajstić information content (AvgIpc) is 2.38. The molecule has 0 aromatic carbocycles. The lowest BCUT2D eigenvalue weighted by Gasteiger charge is -2.26. The van der Waals surface area contributed by atoms with Gasteiger partial charge in [0, 0.05) is 30.8 Å². The molecule has 1 fully saturated rings. The van der Waals surface area contributed by atoms with Crippen molar-refractivity contribution in [1.82, 2.24) is 15.2 Å². The summed E-state index contributed by atoms with van der Waals surface area (Å²) in [7, 11) is 0. The van der Waals surface area contributed by atoms with Crippen LogP contribution in [0.3, 0.4) is 0 Å². The highest BCUT2D eigenvalue weighted by Gasteiger charge is 2.15. The fourth-order valence-electron chi connectivity index (χ4n) is 1.55. The van der Waals surface area contributed by atoms with Crippen molar-refractivity contribution in [1.29, 1.82) is 0 Å². The van der Waals surface area contributed by atoms with Gasteiger partial charge in [0.05, 0.1) is 12.2 Å². The van der Waals surface area contributed by atoms with Crippen LogP contribution in [-0.2, 0) is 6.54 Å². The van der Waals surface area contributed by atoms with Crippen LogP contribution in [0.4, 0.5) is 4.79 Å². The van der Waals surface area contributed by atoms with Crippen LogP contribution in [0.25, 0.3) is 0 Å². The van der Waals surface area contributed by atoms with Gasteiger partial charge >= 0.3 is 6.03 Å². The minimum Gasteiger partial charge on any atom is -0.332 e. The topological polar surface area (TPSA) is 45.2 Å². The van der Waals surface area contributed by atoms with Crippen LogP contribution < -0.4 is 5.32 Å². The molecule has 86 valence electrons. The Morgan fingerprint density at radius 2 is 2.25 bits per heavy atom. The van der Waals surface area contributed by atoms with Gasteiger partial charge < -0.3 is 10.2 Å². The fraction of sp³-hybridized carbons (Fsp3) is 0.455. The van der Waals surface area contributed by atoms with Gasteiger partial charge in [-0.15, -0.1) is 0 Å². The van der Waals surface area contributed by atoms with Crippen molar-refractivity contribution in [3.63, 3.8) is 0 Å². The summed E-state index contributed by atoms with van der Waals surface area (Å²) in [5.41, 5.74) is 0.891. The van der Waals surface area contributed by atoms with Gasteiger partial charge in [-0.25, -0.2) is 4.79 Å². The maximum absolute atomic E-state index is 11.7. The molecule has 0 aliphatic carbocycles. The number of urea groups is 1. The SMILES string of the molecule is O=C(NCc1ccccn1)N1CCSCC1. The highest BCUT2D eigenvalue weighted by atomic mass is 32.2. The highest BCUT2D eigenvalue weighted by Crippen LogP contribution is 2.08. The number of pyridine rings is 1. The number of carbonyl (C=O) groups is 1. The molecule has 0 saturated carbocycles. The smallest absolute Gasteiger partial charge is 0.317 e. The third kappa shape index (κ3) is 3.13. The molecule has 1 aromatic heterocycles. The normalized spacial score (nSPS) is 15.9. The first-order valence-electron chi connectivity index (χ1n) is 5.37. The van der Waals surface area contributed by atoms with Crippen molar-refractivity contribution < 1.29 is 4.79 Å². The molecular weight excluding hydrogens is 222 g/mol. The number of hydrogen-bond acceptors (Lipinski definition) is 3. The van der Waals surface area contributed by atoms with Crippen molar-refractivity contribution >= 4 is 17.8 Å². The number of nitrogens with zero attached hydrogens (tertiary/aromatic N) is 2. The summed E-state index contributed by atoms with van der Waals surface area (Å²) in [5, 5.41) is 2.88. The molecule has 16 heavy (non-hydrogen) atoms.